The molecular weight excluding hydrogens is 92.1 g/mol. The molecule has 0 aliphatic rings. The first kappa shape index (κ1) is 4.55. The molecule has 0 saturated carbocycles. The zero-order valence-corrected chi connectivity index (χ0v) is 3.11. The highest BCUT2D eigenvalue weighted by molar-refractivity contribution is 7.77. The number of hydrogen-bond acceptors (Lipinski definition) is 3. The van der Waals surface area contributed by atoms with Crippen LogP contribution in [0.4, 0.5) is 0 Å². The van der Waals surface area contributed by atoms with E-state index in [4.69, 9.17) is 10.1 Å². The van der Waals surface area contributed by atoms with Crippen LogP contribution < -0.4 is 4.83 Å². The first-order chi connectivity index (χ1) is 2.27. The lowest BCUT2D eigenvalue weighted by Gasteiger charge is -1.74. The Morgan fingerprint density at radius 2 is 2.20 bits per heavy atom. The van der Waals surface area contributed by atoms with Gasteiger partial charge < -0.3 is 0 Å². The highest BCUT2D eigenvalue weighted by Gasteiger charge is 1.74. The third kappa shape index (κ3) is 3.55. The average Bonchev–Trinajstić information content (AvgIpc) is 1.38. The summed E-state index contributed by atoms with van der Waals surface area (Å²) in [5.74, 6) is 0. The van der Waals surface area contributed by atoms with Gasteiger partial charge in [0.25, 0.3) is 0 Å². The Morgan fingerprint density at radius 1 is 2.00 bits per heavy atom. The normalized spacial score (nSPS) is 6.60. The summed E-state index contributed by atoms with van der Waals surface area (Å²) >= 11 is 3.07. The standard InChI is InChI=1S/H2N2O2S/c3-2(4)1-5/h1,5H. The van der Waals surface area contributed by atoms with Crippen molar-refractivity contribution in [2.75, 3.05) is 0 Å². The average molecular weight is 94.1 g/mol. The number of nitrogens with zero attached hydrogens (tertiary/aromatic N) is 1. The molecule has 0 spiro atoms. The Bertz CT molecular complexity index is 42.9. The molecule has 0 atom stereocenters. The summed E-state index contributed by atoms with van der Waals surface area (Å²) in [6.07, 6.45) is 0. The van der Waals surface area contributed by atoms with Gasteiger partial charge in [0.1, 0.15) is 0 Å². The minimum Gasteiger partial charge on any atom is -0.234 e. The lowest BCUT2D eigenvalue weighted by atomic mass is 12.7. The Balaban J connectivity index is 2.85. The highest BCUT2D eigenvalue weighted by Crippen LogP contribution is 1.54. The van der Waals surface area contributed by atoms with Crippen LogP contribution in [0.5, 0.6) is 0 Å². The third-order valence-corrected chi connectivity index (χ3v) is 0.245. The molecule has 5 heteroatoms. The van der Waals surface area contributed by atoms with Crippen molar-refractivity contribution in [3.63, 3.8) is 0 Å². The Morgan fingerprint density at radius 3 is 2.20 bits per heavy atom. The van der Waals surface area contributed by atoms with Crippen molar-refractivity contribution in [1.82, 2.24) is 4.83 Å². The lowest BCUT2D eigenvalue weighted by molar-refractivity contribution is -0.515. The maximum Gasteiger partial charge on any atom is 0.168 e. The number of hydrogen-bond donors (Lipinski definition) is 2. The van der Waals surface area contributed by atoms with E-state index in [2.05, 4.69) is 12.8 Å². The summed E-state index contributed by atoms with van der Waals surface area (Å²) in [6.45, 7) is 0. The van der Waals surface area contributed by atoms with Gasteiger partial charge in [-0.3, -0.25) is 0 Å². The van der Waals surface area contributed by atoms with E-state index in [9.17, 15) is 0 Å². The summed E-state index contributed by atoms with van der Waals surface area (Å²) in [5, 5.41) is 8.23. The molecular formula is H2N2O2S. The van der Waals surface area contributed by atoms with Crippen molar-refractivity contribution < 1.29 is 5.03 Å². The van der Waals surface area contributed by atoms with Crippen molar-refractivity contribution in [1.29, 1.82) is 0 Å². The molecule has 0 saturated heterocycles. The van der Waals surface area contributed by atoms with Gasteiger partial charge in [-0.05, 0) is 12.8 Å². The quantitative estimate of drug-likeness (QED) is 0.264. The van der Waals surface area contributed by atoms with E-state index in [-0.39, 0.29) is 0 Å². The number of nitrogens with one attached hydrogen (secondary N) is 1. The van der Waals surface area contributed by atoms with E-state index < -0.39 is 5.03 Å². The maximum atomic E-state index is 8.99. The molecule has 0 unspecified atom stereocenters. The summed E-state index contributed by atoms with van der Waals surface area (Å²) in [6, 6.07) is 0. The second-order valence-corrected chi connectivity index (χ2v) is 0.557. The smallest absolute Gasteiger partial charge is 0.168 e. The number of hydrazine groups is 1. The summed E-state index contributed by atoms with van der Waals surface area (Å²) in [4.78, 5) is 10.4. The number of nitro groups is 1. The lowest BCUT2D eigenvalue weighted by Crippen LogP contribution is -2.07. The van der Waals surface area contributed by atoms with Gasteiger partial charge in [0.05, 0.1) is 0 Å². The first-order valence-electron chi connectivity index (χ1n) is 0.812. The van der Waals surface area contributed by atoms with Crippen LogP contribution in [0.3, 0.4) is 0 Å². The molecule has 0 aliphatic heterocycles. The van der Waals surface area contributed by atoms with E-state index in [0.717, 1.165) is 0 Å². The van der Waals surface area contributed by atoms with Crippen molar-refractivity contribution in [3.8, 4) is 0 Å². The molecule has 1 N–H and O–H groups in total. The van der Waals surface area contributed by atoms with Crippen molar-refractivity contribution in [2.24, 2.45) is 0 Å². The summed E-state index contributed by atoms with van der Waals surface area (Å²) in [5.41, 5.74) is 0. The van der Waals surface area contributed by atoms with Crippen LogP contribution in [-0.2, 0) is 0 Å². The molecule has 30 valence electrons. The van der Waals surface area contributed by atoms with Gasteiger partial charge in [0.2, 0.25) is 0 Å². The molecule has 0 bridgehead atoms. The predicted molar refractivity (Wildman–Crippen MR) is 19.1 cm³/mol. The minimum atomic E-state index is -0.761. The largest absolute Gasteiger partial charge is 0.234 e. The number of rotatable bonds is 1. The highest BCUT2D eigenvalue weighted by atomic mass is 32.1. The fourth-order valence-corrected chi connectivity index (χ4v) is 0. The molecule has 0 aromatic heterocycles. The molecule has 5 heavy (non-hydrogen) atoms. The molecule has 0 heterocycles. The molecule has 0 aromatic rings. The van der Waals surface area contributed by atoms with Gasteiger partial charge >= 0.3 is 0 Å². The van der Waals surface area contributed by atoms with Crippen LogP contribution in [-0.4, -0.2) is 5.03 Å². The third-order valence-electron chi connectivity index (χ3n) is 0.0816. The summed E-state index contributed by atoms with van der Waals surface area (Å²) < 4.78 is 0. The molecule has 0 aliphatic carbocycles. The molecule has 4 nitrogen and oxygen atoms in total. The Kier molecular flexibility index (Phi) is 1.67. The van der Waals surface area contributed by atoms with Gasteiger partial charge in [-0.2, -0.15) is 0 Å². The van der Waals surface area contributed by atoms with Crippen LogP contribution in [0.25, 0.3) is 0 Å². The minimum absolute atomic E-state index is 0.761. The van der Waals surface area contributed by atoms with Crippen LogP contribution in [0.1, 0.15) is 0 Å². The monoisotopic (exact) mass is 94.0 g/mol. The van der Waals surface area contributed by atoms with Crippen molar-refractivity contribution >= 4 is 12.8 Å². The van der Waals surface area contributed by atoms with Crippen molar-refractivity contribution in [3.05, 3.63) is 10.1 Å². The van der Waals surface area contributed by atoms with Crippen LogP contribution in [0.15, 0.2) is 0 Å². The molecule has 0 aromatic carbocycles. The molecule has 0 radical (unpaired) electrons. The van der Waals surface area contributed by atoms with E-state index >= 15 is 0 Å². The van der Waals surface area contributed by atoms with Gasteiger partial charge in [-0.1, -0.05) is 4.83 Å². The SMILES string of the molecule is O=[N+]([O-])NS. The predicted octanol–water partition coefficient (Wildman–Crippen LogP) is -0.388. The van der Waals surface area contributed by atoms with E-state index in [1.807, 2.05) is 0 Å². The van der Waals surface area contributed by atoms with Crippen LogP contribution >= 0.6 is 12.8 Å². The second kappa shape index (κ2) is 1.83. The Labute approximate surface area is 33.8 Å². The molecule has 0 fully saturated rings. The van der Waals surface area contributed by atoms with Crippen molar-refractivity contribution in [2.45, 2.75) is 0 Å². The second-order valence-electron chi connectivity index (χ2n) is 0.357. The first-order valence-corrected chi connectivity index (χ1v) is 1.26. The van der Waals surface area contributed by atoms with E-state index in [1.54, 1.807) is 0 Å². The van der Waals surface area contributed by atoms with Gasteiger partial charge in [0.15, 0.2) is 5.03 Å². The number of thiol groups is 1. The zero-order chi connectivity index (χ0) is 4.28. The van der Waals surface area contributed by atoms with Crippen LogP contribution in [0, 0.1) is 10.1 Å². The Hall–Kier alpha value is -0.450. The summed E-state index contributed by atoms with van der Waals surface area (Å²) in [7, 11) is 0. The zero-order valence-electron chi connectivity index (χ0n) is 2.21. The topological polar surface area (TPSA) is 55.2 Å². The fourth-order valence-electron chi connectivity index (χ4n) is 0. The van der Waals surface area contributed by atoms with E-state index in [0.29, 0.717) is 0 Å². The van der Waals surface area contributed by atoms with E-state index in [1.165, 1.54) is 4.83 Å². The molecule has 0 amide bonds. The van der Waals surface area contributed by atoms with Gasteiger partial charge in [0, 0.05) is 0 Å². The maximum absolute atomic E-state index is 8.99. The van der Waals surface area contributed by atoms with Gasteiger partial charge in [-0.15, -0.1) is 0 Å². The van der Waals surface area contributed by atoms with Crippen LogP contribution in [0.2, 0.25) is 0 Å². The van der Waals surface area contributed by atoms with Gasteiger partial charge in [-0.25, -0.2) is 10.1 Å². The molecule has 0 rings (SSSR count). The fraction of sp³-hybridized carbons (Fsp3) is 0.